The molecule has 4 rings (SSSR count). The fourth-order valence-electron chi connectivity index (χ4n) is 3.67. The number of carbonyl (C=O) groups excluding carboxylic acids is 2. The van der Waals surface area contributed by atoms with E-state index in [4.69, 9.17) is 9.47 Å². The number of amides is 3. The quantitative estimate of drug-likeness (QED) is 0.832. The second kappa shape index (κ2) is 8.96. The first kappa shape index (κ1) is 19.3. The summed E-state index contributed by atoms with van der Waals surface area (Å²) in [5.74, 6) is 1.23. The van der Waals surface area contributed by atoms with Gasteiger partial charge in [-0.3, -0.25) is 15.0 Å². The fraction of sp³-hybridized carbons (Fsp3) is 0.364. The molecular formula is C22H25N3O4. The average Bonchev–Trinajstić information content (AvgIpc) is 2.75. The first-order chi connectivity index (χ1) is 14.2. The van der Waals surface area contributed by atoms with E-state index in [9.17, 15) is 9.59 Å². The van der Waals surface area contributed by atoms with Crippen LogP contribution in [0, 0.1) is 0 Å². The summed E-state index contributed by atoms with van der Waals surface area (Å²) in [5, 5.41) is 5.31. The van der Waals surface area contributed by atoms with Gasteiger partial charge in [0.1, 0.15) is 13.2 Å². The Hall–Kier alpha value is -3.06. The summed E-state index contributed by atoms with van der Waals surface area (Å²) in [6.45, 7) is 3.78. The van der Waals surface area contributed by atoms with Crippen LogP contribution in [0.5, 0.6) is 11.5 Å². The van der Waals surface area contributed by atoms with Crippen molar-refractivity contribution in [3.8, 4) is 11.5 Å². The van der Waals surface area contributed by atoms with Crippen LogP contribution in [0.2, 0.25) is 0 Å². The number of benzene rings is 2. The maximum absolute atomic E-state index is 12.1. The molecule has 0 radical (unpaired) electrons. The zero-order valence-electron chi connectivity index (χ0n) is 16.2. The maximum atomic E-state index is 12.1. The summed E-state index contributed by atoms with van der Waals surface area (Å²) in [4.78, 5) is 26.5. The standard InChI is InChI=1S/C22H25N3O4/c26-21(17-4-2-1-3-5-17)24-22(27)23-18-8-10-25(11-9-18)15-16-6-7-19-20(14-16)29-13-12-28-19/h1-7,14,18H,8-13,15H2,(H2,23,24,26,27). The predicted octanol–water partition coefficient (Wildman–Crippen LogP) is 2.56. The third-order valence-corrected chi connectivity index (χ3v) is 5.20. The van der Waals surface area contributed by atoms with Crippen LogP contribution in [0.4, 0.5) is 4.79 Å². The number of urea groups is 1. The summed E-state index contributed by atoms with van der Waals surface area (Å²) in [6, 6.07) is 14.4. The number of ether oxygens (including phenoxy) is 2. The van der Waals surface area contributed by atoms with Crippen LogP contribution in [0.3, 0.4) is 0 Å². The molecule has 152 valence electrons. The lowest BCUT2D eigenvalue weighted by Crippen LogP contribution is -2.49. The van der Waals surface area contributed by atoms with Gasteiger partial charge in [0.15, 0.2) is 11.5 Å². The molecule has 2 aliphatic rings. The molecule has 3 amide bonds. The van der Waals surface area contributed by atoms with Gasteiger partial charge in [0, 0.05) is 31.2 Å². The SMILES string of the molecule is O=C(NC(=O)c1ccccc1)NC1CCN(Cc2ccc3c(c2)OCCO3)CC1. The molecule has 2 aromatic rings. The summed E-state index contributed by atoms with van der Waals surface area (Å²) < 4.78 is 11.2. The van der Waals surface area contributed by atoms with Crippen molar-refractivity contribution in [3.63, 3.8) is 0 Å². The first-order valence-electron chi connectivity index (χ1n) is 9.95. The van der Waals surface area contributed by atoms with Crippen molar-refractivity contribution >= 4 is 11.9 Å². The Morgan fingerprint density at radius 2 is 1.69 bits per heavy atom. The molecule has 0 saturated carbocycles. The van der Waals surface area contributed by atoms with Crippen molar-refractivity contribution in [3.05, 3.63) is 59.7 Å². The van der Waals surface area contributed by atoms with Crippen molar-refractivity contribution in [2.24, 2.45) is 0 Å². The van der Waals surface area contributed by atoms with Gasteiger partial charge in [0.2, 0.25) is 0 Å². The van der Waals surface area contributed by atoms with Gasteiger partial charge in [-0.2, -0.15) is 0 Å². The topological polar surface area (TPSA) is 79.9 Å². The van der Waals surface area contributed by atoms with Gasteiger partial charge in [0.05, 0.1) is 0 Å². The molecule has 29 heavy (non-hydrogen) atoms. The van der Waals surface area contributed by atoms with E-state index in [2.05, 4.69) is 21.6 Å². The van der Waals surface area contributed by atoms with Gasteiger partial charge in [-0.15, -0.1) is 0 Å². The van der Waals surface area contributed by atoms with Gasteiger partial charge in [0.25, 0.3) is 5.91 Å². The van der Waals surface area contributed by atoms with Gasteiger partial charge in [-0.25, -0.2) is 4.79 Å². The maximum Gasteiger partial charge on any atom is 0.321 e. The van der Waals surface area contributed by atoms with Crippen LogP contribution >= 0.6 is 0 Å². The van der Waals surface area contributed by atoms with E-state index in [0.717, 1.165) is 44.0 Å². The first-order valence-corrected chi connectivity index (χ1v) is 9.95. The number of rotatable bonds is 4. The number of hydrogen-bond acceptors (Lipinski definition) is 5. The number of imide groups is 1. The van der Waals surface area contributed by atoms with E-state index >= 15 is 0 Å². The Kier molecular flexibility index (Phi) is 5.95. The second-order valence-electron chi connectivity index (χ2n) is 7.32. The molecule has 2 N–H and O–H groups in total. The van der Waals surface area contributed by atoms with Gasteiger partial charge >= 0.3 is 6.03 Å². The Morgan fingerprint density at radius 3 is 2.45 bits per heavy atom. The normalized spacial score (nSPS) is 16.8. The fourth-order valence-corrected chi connectivity index (χ4v) is 3.67. The molecule has 1 fully saturated rings. The van der Waals surface area contributed by atoms with Gasteiger partial charge in [-0.1, -0.05) is 24.3 Å². The molecule has 0 aliphatic carbocycles. The number of likely N-dealkylation sites (tertiary alicyclic amines) is 1. The van der Waals surface area contributed by atoms with E-state index in [1.54, 1.807) is 24.3 Å². The minimum Gasteiger partial charge on any atom is -0.486 e. The largest absolute Gasteiger partial charge is 0.486 e. The molecule has 1 saturated heterocycles. The third-order valence-electron chi connectivity index (χ3n) is 5.20. The Balaban J connectivity index is 1.22. The predicted molar refractivity (Wildman–Crippen MR) is 108 cm³/mol. The van der Waals surface area contributed by atoms with E-state index < -0.39 is 6.03 Å². The monoisotopic (exact) mass is 395 g/mol. The molecule has 0 unspecified atom stereocenters. The van der Waals surface area contributed by atoms with Crippen LogP contribution in [0.25, 0.3) is 0 Å². The average molecular weight is 395 g/mol. The highest BCUT2D eigenvalue weighted by Gasteiger charge is 2.22. The molecule has 0 bridgehead atoms. The number of hydrogen-bond donors (Lipinski definition) is 2. The van der Waals surface area contributed by atoms with Crippen molar-refractivity contribution < 1.29 is 19.1 Å². The molecule has 2 aliphatic heterocycles. The summed E-state index contributed by atoms with van der Waals surface area (Å²) >= 11 is 0. The minimum atomic E-state index is -0.441. The highest BCUT2D eigenvalue weighted by molar-refractivity contribution is 6.04. The number of piperidine rings is 1. The van der Waals surface area contributed by atoms with E-state index in [-0.39, 0.29) is 11.9 Å². The van der Waals surface area contributed by atoms with E-state index in [1.807, 2.05) is 18.2 Å². The summed E-state index contributed by atoms with van der Waals surface area (Å²) in [6.07, 6.45) is 1.69. The minimum absolute atomic E-state index is 0.0649. The molecule has 2 aromatic carbocycles. The molecular weight excluding hydrogens is 370 g/mol. The Morgan fingerprint density at radius 1 is 0.966 bits per heavy atom. The lowest BCUT2D eigenvalue weighted by Gasteiger charge is -2.32. The second-order valence-corrected chi connectivity index (χ2v) is 7.32. The smallest absolute Gasteiger partial charge is 0.321 e. The molecule has 7 heteroatoms. The number of fused-ring (bicyclic) bond motifs is 1. The number of nitrogens with one attached hydrogen (secondary N) is 2. The lowest BCUT2D eigenvalue weighted by atomic mass is 10.0. The summed E-state index contributed by atoms with van der Waals surface area (Å²) in [7, 11) is 0. The van der Waals surface area contributed by atoms with Crippen molar-refractivity contribution in [2.45, 2.75) is 25.4 Å². The molecule has 2 heterocycles. The van der Waals surface area contributed by atoms with Gasteiger partial charge < -0.3 is 14.8 Å². The highest BCUT2D eigenvalue weighted by Crippen LogP contribution is 2.31. The van der Waals surface area contributed by atoms with Crippen LogP contribution in [0.15, 0.2) is 48.5 Å². The number of carbonyl (C=O) groups is 2. The molecule has 0 atom stereocenters. The van der Waals surface area contributed by atoms with Crippen molar-refractivity contribution in [1.82, 2.24) is 15.5 Å². The lowest BCUT2D eigenvalue weighted by molar-refractivity contribution is 0.0961. The zero-order chi connectivity index (χ0) is 20.1. The van der Waals surface area contributed by atoms with Crippen molar-refractivity contribution in [1.29, 1.82) is 0 Å². The Bertz CT molecular complexity index is 864. The van der Waals surface area contributed by atoms with E-state index in [1.165, 1.54) is 5.56 Å². The highest BCUT2D eigenvalue weighted by atomic mass is 16.6. The summed E-state index contributed by atoms with van der Waals surface area (Å²) in [5.41, 5.74) is 1.66. The van der Waals surface area contributed by atoms with E-state index in [0.29, 0.717) is 18.8 Å². The molecule has 0 aromatic heterocycles. The molecule has 0 spiro atoms. The number of nitrogens with zero attached hydrogens (tertiary/aromatic N) is 1. The third kappa shape index (κ3) is 5.06. The van der Waals surface area contributed by atoms with Gasteiger partial charge in [-0.05, 0) is 42.7 Å². The molecule has 7 nitrogen and oxygen atoms in total. The van der Waals surface area contributed by atoms with Crippen LogP contribution < -0.4 is 20.1 Å². The van der Waals surface area contributed by atoms with Crippen LogP contribution in [-0.4, -0.2) is 49.2 Å². The Labute approximate surface area is 170 Å². The van der Waals surface area contributed by atoms with Crippen LogP contribution in [-0.2, 0) is 6.54 Å². The zero-order valence-corrected chi connectivity index (χ0v) is 16.2. The van der Waals surface area contributed by atoms with Crippen molar-refractivity contribution in [2.75, 3.05) is 26.3 Å². The van der Waals surface area contributed by atoms with Crippen LogP contribution in [0.1, 0.15) is 28.8 Å².